The van der Waals surface area contributed by atoms with E-state index in [1.165, 1.54) is 41.3 Å². The minimum absolute atomic E-state index is 0.573. The number of nitrogens with one attached hydrogen (secondary N) is 1. The summed E-state index contributed by atoms with van der Waals surface area (Å²) in [6, 6.07) is 5.04. The van der Waals surface area contributed by atoms with Gasteiger partial charge in [-0.1, -0.05) is 35.7 Å². The third-order valence-corrected chi connectivity index (χ3v) is 5.82. The van der Waals surface area contributed by atoms with Crippen molar-refractivity contribution in [3.8, 4) is 5.75 Å². The second-order valence-corrected chi connectivity index (χ2v) is 7.51. The monoisotopic (exact) mass is 351 g/mol. The molecule has 0 bridgehead atoms. The van der Waals surface area contributed by atoms with Crippen molar-refractivity contribution in [2.75, 3.05) is 13.7 Å². The Bertz CT molecular complexity index is 502. The Morgan fingerprint density at radius 1 is 1.38 bits per heavy atom. The van der Waals surface area contributed by atoms with E-state index >= 15 is 0 Å². The van der Waals surface area contributed by atoms with E-state index in [0.29, 0.717) is 6.04 Å². The zero-order chi connectivity index (χ0) is 14.8. The van der Waals surface area contributed by atoms with Crippen LogP contribution in [0.2, 0.25) is 0 Å². The zero-order valence-corrected chi connectivity index (χ0v) is 14.7. The van der Waals surface area contributed by atoms with E-state index in [1.807, 2.05) is 0 Å². The van der Waals surface area contributed by atoms with Gasteiger partial charge in [0, 0.05) is 16.9 Å². The molecule has 0 radical (unpaired) electrons. The lowest BCUT2D eigenvalue weighted by atomic mass is 9.90. The molecule has 0 spiro atoms. The van der Waals surface area contributed by atoms with Crippen LogP contribution in [0.15, 0.2) is 16.6 Å². The van der Waals surface area contributed by atoms with Gasteiger partial charge in [-0.2, -0.15) is 0 Å². The van der Waals surface area contributed by atoms with E-state index < -0.39 is 0 Å². The first-order valence-electron chi connectivity index (χ1n) is 8.32. The highest BCUT2D eigenvalue weighted by atomic mass is 79.9. The topological polar surface area (TPSA) is 21.3 Å². The van der Waals surface area contributed by atoms with Crippen LogP contribution in [0.3, 0.4) is 0 Å². The predicted octanol–water partition coefficient (Wildman–Crippen LogP) is 4.34. The van der Waals surface area contributed by atoms with Gasteiger partial charge in [-0.25, -0.2) is 0 Å². The fourth-order valence-electron chi connectivity index (χ4n) is 4.09. The number of rotatable bonds is 5. The molecule has 1 aliphatic heterocycles. The van der Waals surface area contributed by atoms with Gasteiger partial charge in [0.15, 0.2) is 0 Å². The summed E-state index contributed by atoms with van der Waals surface area (Å²) in [5, 5.41) is 3.58. The maximum absolute atomic E-state index is 5.89. The fraction of sp³-hybridized carbons (Fsp3) is 0.667. The fourth-order valence-corrected chi connectivity index (χ4v) is 4.64. The quantitative estimate of drug-likeness (QED) is 0.851. The van der Waals surface area contributed by atoms with Crippen molar-refractivity contribution < 1.29 is 4.74 Å². The third-order valence-electron chi connectivity index (χ3n) is 5.36. The van der Waals surface area contributed by atoms with Crippen molar-refractivity contribution >= 4 is 15.9 Å². The van der Waals surface area contributed by atoms with Gasteiger partial charge in [-0.05, 0) is 61.4 Å². The van der Waals surface area contributed by atoms with Crippen LogP contribution < -0.4 is 10.1 Å². The van der Waals surface area contributed by atoms with E-state index in [0.717, 1.165) is 37.0 Å². The Labute approximate surface area is 136 Å². The summed E-state index contributed by atoms with van der Waals surface area (Å²) in [5.74, 6) is 2.91. The van der Waals surface area contributed by atoms with Crippen molar-refractivity contribution in [1.29, 1.82) is 0 Å². The SMILES string of the molecule is CCC1CCC(C(Cc2cc(Br)cc3c2OCC3)NC)C1. The molecule has 1 heterocycles. The first-order valence-corrected chi connectivity index (χ1v) is 9.12. The lowest BCUT2D eigenvalue weighted by Crippen LogP contribution is -2.34. The summed E-state index contributed by atoms with van der Waals surface area (Å²) >= 11 is 3.66. The van der Waals surface area contributed by atoms with Gasteiger partial charge in [-0.15, -0.1) is 0 Å². The highest BCUT2D eigenvalue weighted by molar-refractivity contribution is 9.10. The molecule has 1 aliphatic carbocycles. The maximum atomic E-state index is 5.89. The Kier molecular flexibility index (Phi) is 4.90. The highest BCUT2D eigenvalue weighted by Crippen LogP contribution is 2.38. The van der Waals surface area contributed by atoms with Crippen LogP contribution in [-0.4, -0.2) is 19.7 Å². The Morgan fingerprint density at radius 3 is 2.95 bits per heavy atom. The molecule has 0 saturated heterocycles. The Balaban J connectivity index is 1.76. The molecule has 3 rings (SSSR count). The van der Waals surface area contributed by atoms with Crippen LogP contribution >= 0.6 is 15.9 Å². The molecule has 0 aromatic heterocycles. The van der Waals surface area contributed by atoms with Crippen molar-refractivity contribution in [1.82, 2.24) is 5.32 Å². The third kappa shape index (κ3) is 3.29. The van der Waals surface area contributed by atoms with E-state index in [9.17, 15) is 0 Å². The normalized spacial score (nSPS) is 25.7. The Hall–Kier alpha value is -0.540. The molecule has 2 aliphatic rings. The molecule has 1 N–H and O–H groups in total. The summed E-state index contributed by atoms with van der Waals surface area (Å²) < 4.78 is 7.08. The molecule has 21 heavy (non-hydrogen) atoms. The van der Waals surface area contributed by atoms with Crippen molar-refractivity contribution in [3.05, 3.63) is 27.7 Å². The molecule has 116 valence electrons. The van der Waals surface area contributed by atoms with E-state index in [-0.39, 0.29) is 0 Å². The molecule has 1 fully saturated rings. The first-order chi connectivity index (χ1) is 10.2. The molecular formula is C18H26BrNO. The van der Waals surface area contributed by atoms with Crippen LogP contribution in [-0.2, 0) is 12.8 Å². The minimum Gasteiger partial charge on any atom is -0.493 e. The smallest absolute Gasteiger partial charge is 0.125 e. The van der Waals surface area contributed by atoms with Crippen LogP contribution in [0.25, 0.3) is 0 Å². The lowest BCUT2D eigenvalue weighted by Gasteiger charge is -2.24. The van der Waals surface area contributed by atoms with Crippen LogP contribution in [0.4, 0.5) is 0 Å². The minimum atomic E-state index is 0.573. The first kappa shape index (κ1) is 15.4. The summed E-state index contributed by atoms with van der Waals surface area (Å²) in [4.78, 5) is 0. The number of likely N-dealkylation sites (N-methyl/N-ethyl adjacent to an activating group) is 1. The van der Waals surface area contributed by atoms with Gasteiger partial charge in [0.05, 0.1) is 6.61 Å². The number of halogens is 1. The largest absolute Gasteiger partial charge is 0.493 e. The Morgan fingerprint density at radius 2 is 2.24 bits per heavy atom. The van der Waals surface area contributed by atoms with E-state index in [2.05, 4.69) is 47.4 Å². The standard InChI is InChI=1S/C18H26BrNO/c1-3-12-4-5-13(8-12)17(20-2)11-15-10-16(19)9-14-6-7-21-18(14)15/h9-10,12-13,17,20H,3-8,11H2,1-2H3. The molecule has 1 aromatic rings. The van der Waals surface area contributed by atoms with Crippen molar-refractivity contribution in [2.45, 2.75) is 51.5 Å². The number of hydrogen-bond donors (Lipinski definition) is 1. The highest BCUT2D eigenvalue weighted by Gasteiger charge is 2.30. The molecule has 0 amide bonds. The number of benzene rings is 1. The van der Waals surface area contributed by atoms with Gasteiger partial charge in [-0.3, -0.25) is 0 Å². The van der Waals surface area contributed by atoms with Crippen LogP contribution in [0.5, 0.6) is 5.75 Å². The second kappa shape index (κ2) is 6.70. The summed E-state index contributed by atoms with van der Waals surface area (Å²) in [7, 11) is 2.11. The van der Waals surface area contributed by atoms with Gasteiger partial charge >= 0.3 is 0 Å². The van der Waals surface area contributed by atoms with Gasteiger partial charge in [0.1, 0.15) is 5.75 Å². The van der Waals surface area contributed by atoms with Crippen LogP contribution in [0, 0.1) is 11.8 Å². The molecule has 1 aromatic carbocycles. The van der Waals surface area contributed by atoms with Crippen LogP contribution in [0.1, 0.15) is 43.7 Å². The maximum Gasteiger partial charge on any atom is 0.125 e. The number of fused-ring (bicyclic) bond motifs is 1. The van der Waals surface area contributed by atoms with Gasteiger partial charge in [0.25, 0.3) is 0 Å². The predicted molar refractivity (Wildman–Crippen MR) is 91.0 cm³/mol. The summed E-state index contributed by atoms with van der Waals surface area (Å²) in [5.41, 5.74) is 2.74. The average Bonchev–Trinajstić information content (AvgIpc) is 3.12. The summed E-state index contributed by atoms with van der Waals surface area (Å²) in [6.45, 7) is 3.17. The number of hydrogen-bond acceptors (Lipinski definition) is 2. The van der Waals surface area contributed by atoms with Gasteiger partial charge in [0.2, 0.25) is 0 Å². The van der Waals surface area contributed by atoms with Gasteiger partial charge < -0.3 is 10.1 Å². The van der Waals surface area contributed by atoms with E-state index in [1.54, 1.807) is 0 Å². The molecular weight excluding hydrogens is 326 g/mol. The molecule has 2 nitrogen and oxygen atoms in total. The molecule has 3 heteroatoms. The molecule has 3 atom stereocenters. The summed E-state index contributed by atoms with van der Waals surface area (Å²) in [6.07, 6.45) is 7.64. The second-order valence-electron chi connectivity index (χ2n) is 6.60. The van der Waals surface area contributed by atoms with Crippen molar-refractivity contribution in [3.63, 3.8) is 0 Å². The lowest BCUT2D eigenvalue weighted by molar-refractivity contribution is 0.338. The molecule has 1 saturated carbocycles. The molecule has 3 unspecified atom stereocenters. The number of ether oxygens (including phenoxy) is 1. The van der Waals surface area contributed by atoms with E-state index in [4.69, 9.17) is 4.74 Å². The zero-order valence-electron chi connectivity index (χ0n) is 13.1. The van der Waals surface area contributed by atoms with Crippen molar-refractivity contribution in [2.24, 2.45) is 11.8 Å². The average molecular weight is 352 g/mol.